The molecular weight excluding hydrogens is 294 g/mol. The van der Waals surface area contributed by atoms with Crippen LogP contribution >= 0.6 is 15.9 Å². The Balaban J connectivity index is 1.88. The van der Waals surface area contributed by atoms with Gasteiger partial charge in [-0.05, 0) is 40.2 Å². The average molecular weight is 306 g/mol. The third kappa shape index (κ3) is 3.49. The molecule has 0 saturated heterocycles. The number of nitrogens with one attached hydrogen (secondary N) is 3. The first-order valence-electron chi connectivity index (χ1n) is 5.38. The van der Waals surface area contributed by atoms with E-state index < -0.39 is 0 Å². The van der Waals surface area contributed by atoms with Crippen molar-refractivity contribution >= 4 is 33.3 Å². The van der Waals surface area contributed by atoms with E-state index in [1.165, 1.54) is 0 Å². The SMILES string of the molecule is O=C(NNc1ccccc1Br)Nc1ccccc1. The van der Waals surface area contributed by atoms with E-state index in [0.29, 0.717) is 0 Å². The molecule has 0 radical (unpaired) electrons. The Bertz CT molecular complexity index is 531. The van der Waals surface area contributed by atoms with Crippen LogP contribution < -0.4 is 16.2 Å². The van der Waals surface area contributed by atoms with Crippen molar-refractivity contribution in [3.05, 3.63) is 59.1 Å². The summed E-state index contributed by atoms with van der Waals surface area (Å²) in [4.78, 5) is 11.6. The molecular formula is C13H12BrN3O. The molecule has 2 aromatic rings. The highest BCUT2D eigenvalue weighted by atomic mass is 79.9. The van der Waals surface area contributed by atoms with Gasteiger partial charge in [0.05, 0.1) is 5.69 Å². The normalized spacial score (nSPS) is 9.61. The van der Waals surface area contributed by atoms with Crippen molar-refractivity contribution in [3.8, 4) is 0 Å². The topological polar surface area (TPSA) is 53.2 Å². The molecule has 0 spiro atoms. The van der Waals surface area contributed by atoms with E-state index in [-0.39, 0.29) is 6.03 Å². The van der Waals surface area contributed by atoms with Gasteiger partial charge in [-0.3, -0.25) is 10.9 Å². The molecule has 2 aromatic carbocycles. The van der Waals surface area contributed by atoms with Crippen molar-refractivity contribution in [1.82, 2.24) is 5.43 Å². The van der Waals surface area contributed by atoms with Crippen LogP contribution in [0.4, 0.5) is 16.2 Å². The third-order valence-corrected chi connectivity index (χ3v) is 2.91. The van der Waals surface area contributed by atoms with Crippen LogP contribution in [0.2, 0.25) is 0 Å². The van der Waals surface area contributed by atoms with Crippen molar-refractivity contribution < 1.29 is 4.79 Å². The Labute approximate surface area is 114 Å². The first-order chi connectivity index (χ1) is 8.75. The molecule has 3 N–H and O–H groups in total. The summed E-state index contributed by atoms with van der Waals surface area (Å²) >= 11 is 3.38. The van der Waals surface area contributed by atoms with Crippen LogP contribution in [0.5, 0.6) is 0 Å². The Morgan fingerprint density at radius 2 is 1.61 bits per heavy atom. The Morgan fingerprint density at radius 3 is 2.33 bits per heavy atom. The summed E-state index contributed by atoms with van der Waals surface area (Å²) in [5, 5.41) is 2.70. The molecule has 4 nitrogen and oxygen atoms in total. The van der Waals surface area contributed by atoms with Gasteiger partial charge in [0.2, 0.25) is 0 Å². The van der Waals surface area contributed by atoms with Gasteiger partial charge in [-0.25, -0.2) is 4.79 Å². The predicted octanol–water partition coefficient (Wildman–Crippen LogP) is 3.60. The number of halogens is 1. The summed E-state index contributed by atoms with van der Waals surface area (Å²) in [5.74, 6) is 0. The van der Waals surface area contributed by atoms with Crippen molar-refractivity contribution in [2.45, 2.75) is 0 Å². The van der Waals surface area contributed by atoms with Gasteiger partial charge in [0.25, 0.3) is 0 Å². The fraction of sp³-hybridized carbons (Fsp3) is 0. The van der Waals surface area contributed by atoms with E-state index in [4.69, 9.17) is 0 Å². The first kappa shape index (κ1) is 12.4. The summed E-state index contributed by atoms with van der Waals surface area (Å²) < 4.78 is 0.880. The van der Waals surface area contributed by atoms with Gasteiger partial charge in [0.15, 0.2) is 0 Å². The second-order valence-electron chi connectivity index (χ2n) is 3.55. The van der Waals surface area contributed by atoms with E-state index in [2.05, 4.69) is 32.1 Å². The van der Waals surface area contributed by atoms with Crippen LogP contribution in [0.1, 0.15) is 0 Å². The van der Waals surface area contributed by atoms with Crippen LogP contribution in [0.3, 0.4) is 0 Å². The number of carbonyl (C=O) groups is 1. The van der Waals surface area contributed by atoms with Gasteiger partial charge < -0.3 is 5.32 Å². The lowest BCUT2D eigenvalue weighted by molar-refractivity contribution is 0.254. The zero-order valence-electron chi connectivity index (χ0n) is 9.48. The van der Waals surface area contributed by atoms with E-state index in [1.807, 2.05) is 54.6 Å². The van der Waals surface area contributed by atoms with Crippen LogP contribution in [0.15, 0.2) is 59.1 Å². The summed E-state index contributed by atoms with van der Waals surface area (Å²) in [6, 6.07) is 16.4. The molecule has 2 amide bonds. The Morgan fingerprint density at radius 1 is 0.944 bits per heavy atom. The maximum atomic E-state index is 11.6. The van der Waals surface area contributed by atoms with Gasteiger partial charge in [0.1, 0.15) is 0 Å². The average Bonchev–Trinajstić information content (AvgIpc) is 2.39. The third-order valence-electron chi connectivity index (χ3n) is 2.22. The minimum Gasteiger partial charge on any atom is -0.307 e. The summed E-state index contributed by atoms with van der Waals surface area (Å²) in [5.41, 5.74) is 6.91. The highest BCUT2D eigenvalue weighted by Gasteiger charge is 2.01. The number of benzene rings is 2. The highest BCUT2D eigenvalue weighted by Crippen LogP contribution is 2.20. The molecule has 92 valence electrons. The largest absolute Gasteiger partial charge is 0.337 e. The second-order valence-corrected chi connectivity index (χ2v) is 4.40. The number of urea groups is 1. The number of rotatable bonds is 3. The number of hydrogen-bond acceptors (Lipinski definition) is 2. The van der Waals surface area contributed by atoms with E-state index in [0.717, 1.165) is 15.8 Å². The predicted molar refractivity (Wildman–Crippen MR) is 76.4 cm³/mol. The molecule has 0 aliphatic rings. The van der Waals surface area contributed by atoms with Gasteiger partial charge in [-0.15, -0.1) is 0 Å². The maximum absolute atomic E-state index is 11.6. The zero-order valence-corrected chi connectivity index (χ0v) is 11.1. The fourth-order valence-corrected chi connectivity index (χ4v) is 1.75. The first-order valence-corrected chi connectivity index (χ1v) is 6.17. The molecule has 0 aliphatic carbocycles. The molecule has 0 bridgehead atoms. The monoisotopic (exact) mass is 305 g/mol. The lowest BCUT2D eigenvalue weighted by Gasteiger charge is -2.10. The summed E-state index contributed by atoms with van der Waals surface area (Å²) in [6.07, 6.45) is 0. The molecule has 0 unspecified atom stereocenters. The number of carbonyl (C=O) groups excluding carboxylic acids is 1. The Hall–Kier alpha value is -2.01. The number of para-hydroxylation sites is 2. The number of hydrazine groups is 1. The van der Waals surface area contributed by atoms with E-state index in [9.17, 15) is 4.79 Å². The van der Waals surface area contributed by atoms with Crippen molar-refractivity contribution in [1.29, 1.82) is 0 Å². The van der Waals surface area contributed by atoms with E-state index >= 15 is 0 Å². The van der Waals surface area contributed by atoms with Crippen molar-refractivity contribution in [2.75, 3.05) is 10.7 Å². The molecule has 0 atom stereocenters. The minimum atomic E-state index is -0.322. The lowest BCUT2D eigenvalue weighted by atomic mass is 10.3. The Kier molecular flexibility index (Phi) is 4.20. The zero-order chi connectivity index (χ0) is 12.8. The minimum absolute atomic E-state index is 0.322. The van der Waals surface area contributed by atoms with Gasteiger partial charge in [-0.1, -0.05) is 30.3 Å². The second kappa shape index (κ2) is 6.07. The molecule has 0 aliphatic heterocycles. The number of anilines is 2. The number of amides is 2. The lowest BCUT2D eigenvalue weighted by Crippen LogP contribution is -2.33. The summed E-state index contributed by atoms with van der Waals surface area (Å²) in [7, 11) is 0. The van der Waals surface area contributed by atoms with Crippen LogP contribution in [0.25, 0.3) is 0 Å². The molecule has 2 rings (SSSR count). The van der Waals surface area contributed by atoms with Gasteiger partial charge in [0, 0.05) is 10.2 Å². The van der Waals surface area contributed by atoms with Gasteiger partial charge >= 0.3 is 6.03 Å². The molecule has 18 heavy (non-hydrogen) atoms. The smallest absolute Gasteiger partial charge is 0.307 e. The summed E-state index contributed by atoms with van der Waals surface area (Å²) in [6.45, 7) is 0. The highest BCUT2D eigenvalue weighted by molar-refractivity contribution is 9.10. The number of hydrogen-bond donors (Lipinski definition) is 3. The van der Waals surface area contributed by atoms with Crippen LogP contribution in [0, 0.1) is 0 Å². The van der Waals surface area contributed by atoms with Gasteiger partial charge in [-0.2, -0.15) is 0 Å². The fourth-order valence-electron chi connectivity index (χ4n) is 1.37. The molecule has 0 saturated carbocycles. The molecule has 5 heteroatoms. The molecule has 0 aromatic heterocycles. The molecule has 0 heterocycles. The molecule has 0 fully saturated rings. The standard InChI is InChI=1S/C13H12BrN3O/c14-11-8-4-5-9-12(11)16-17-13(18)15-10-6-2-1-3-7-10/h1-9,16H,(H2,15,17,18). The van der Waals surface area contributed by atoms with Crippen molar-refractivity contribution in [2.24, 2.45) is 0 Å². The van der Waals surface area contributed by atoms with E-state index in [1.54, 1.807) is 0 Å². The van der Waals surface area contributed by atoms with Crippen LogP contribution in [-0.4, -0.2) is 6.03 Å². The maximum Gasteiger partial charge on any atom is 0.337 e. The quantitative estimate of drug-likeness (QED) is 0.759. The van der Waals surface area contributed by atoms with Crippen LogP contribution in [-0.2, 0) is 0 Å². The van der Waals surface area contributed by atoms with Crippen molar-refractivity contribution in [3.63, 3.8) is 0 Å².